The van der Waals surface area contributed by atoms with E-state index in [2.05, 4.69) is 5.10 Å². The summed E-state index contributed by atoms with van der Waals surface area (Å²) in [7, 11) is -3.53. The van der Waals surface area contributed by atoms with Gasteiger partial charge in [0.2, 0.25) is 0 Å². The van der Waals surface area contributed by atoms with Crippen molar-refractivity contribution in [3.05, 3.63) is 58.2 Å². The molecule has 33 heavy (non-hydrogen) atoms. The average molecular weight is 521 g/mol. The van der Waals surface area contributed by atoms with Gasteiger partial charge in [0.1, 0.15) is 5.69 Å². The Labute approximate surface area is 197 Å². The molecule has 0 spiro atoms. The number of benzene rings is 2. The van der Waals surface area contributed by atoms with Crippen molar-refractivity contribution in [1.29, 1.82) is 0 Å². The maximum absolute atomic E-state index is 14.2. The van der Waals surface area contributed by atoms with Gasteiger partial charge in [0.05, 0.1) is 9.92 Å². The number of carbonyl (C=O) groups is 1. The van der Waals surface area contributed by atoms with Crippen LogP contribution in [-0.4, -0.2) is 30.6 Å². The second-order valence-electron chi connectivity index (χ2n) is 7.08. The summed E-state index contributed by atoms with van der Waals surface area (Å²) in [5.41, 5.74) is -1.90. The lowest BCUT2D eigenvalue weighted by atomic mass is 9.98. The van der Waals surface area contributed by atoms with Gasteiger partial charge in [-0.15, -0.1) is 5.10 Å². The molecule has 12 heteroatoms. The molecule has 0 saturated heterocycles. The SMILES string of the molecule is CCCC(=O)On1nc(-c2ccc(S(C)(=O)=O)cc2)c(-c2ccc(Cl)cc2Cl)c1C(F)(F)F. The van der Waals surface area contributed by atoms with Gasteiger partial charge in [0.15, 0.2) is 15.5 Å². The number of halogens is 5. The Kier molecular flexibility index (Phi) is 7.11. The van der Waals surface area contributed by atoms with Crippen LogP contribution in [0.25, 0.3) is 22.4 Å². The highest BCUT2D eigenvalue weighted by molar-refractivity contribution is 7.90. The molecule has 0 aliphatic heterocycles. The summed E-state index contributed by atoms with van der Waals surface area (Å²) in [5, 5.41) is 4.04. The molecule has 1 heterocycles. The van der Waals surface area contributed by atoms with Crippen LogP contribution >= 0.6 is 23.2 Å². The van der Waals surface area contributed by atoms with Crippen molar-refractivity contribution in [3.8, 4) is 22.4 Å². The van der Waals surface area contributed by atoms with Gasteiger partial charge in [-0.25, -0.2) is 13.2 Å². The zero-order valence-corrected chi connectivity index (χ0v) is 19.6. The van der Waals surface area contributed by atoms with Gasteiger partial charge >= 0.3 is 12.1 Å². The fourth-order valence-corrected chi connectivity index (χ4v) is 4.20. The number of rotatable bonds is 6. The van der Waals surface area contributed by atoms with Gasteiger partial charge in [0, 0.05) is 34.4 Å². The molecule has 1 aromatic heterocycles. The van der Waals surface area contributed by atoms with E-state index in [0.29, 0.717) is 6.42 Å². The van der Waals surface area contributed by atoms with Crippen molar-refractivity contribution >= 4 is 39.0 Å². The molecule has 0 bridgehead atoms. The predicted octanol–water partition coefficient (Wildman–Crippen LogP) is 5.70. The largest absolute Gasteiger partial charge is 0.437 e. The van der Waals surface area contributed by atoms with Crippen molar-refractivity contribution in [2.24, 2.45) is 0 Å². The van der Waals surface area contributed by atoms with E-state index in [1.54, 1.807) is 6.92 Å². The van der Waals surface area contributed by atoms with Crippen LogP contribution in [0, 0.1) is 0 Å². The average Bonchev–Trinajstić information content (AvgIpc) is 3.06. The summed E-state index contributed by atoms with van der Waals surface area (Å²) in [6.07, 6.45) is -3.74. The molecule has 6 nitrogen and oxygen atoms in total. The first-order valence-electron chi connectivity index (χ1n) is 9.50. The normalized spacial score (nSPS) is 12.1. The fraction of sp³-hybridized carbons (Fsp3) is 0.238. The fourth-order valence-electron chi connectivity index (χ4n) is 3.07. The number of carbonyl (C=O) groups excluding carboxylic acids is 1. The summed E-state index contributed by atoms with van der Waals surface area (Å²) in [6.45, 7) is 1.67. The van der Waals surface area contributed by atoms with Crippen LogP contribution < -0.4 is 4.84 Å². The molecule has 176 valence electrons. The zero-order valence-electron chi connectivity index (χ0n) is 17.3. The maximum atomic E-state index is 14.2. The van der Waals surface area contributed by atoms with E-state index in [0.717, 1.165) is 6.26 Å². The highest BCUT2D eigenvalue weighted by Gasteiger charge is 2.43. The van der Waals surface area contributed by atoms with Crippen LogP contribution in [0.4, 0.5) is 13.2 Å². The number of nitrogens with zero attached hydrogens (tertiary/aromatic N) is 2. The van der Waals surface area contributed by atoms with Gasteiger partial charge in [-0.05, 0) is 30.7 Å². The summed E-state index contributed by atoms with van der Waals surface area (Å²) in [4.78, 5) is 17.0. The van der Waals surface area contributed by atoms with Crippen molar-refractivity contribution < 1.29 is 31.2 Å². The van der Waals surface area contributed by atoms with Crippen molar-refractivity contribution in [1.82, 2.24) is 9.94 Å². The molecule has 0 N–H and O–H groups in total. The van der Waals surface area contributed by atoms with Crippen molar-refractivity contribution in [2.75, 3.05) is 6.26 Å². The van der Waals surface area contributed by atoms with E-state index in [-0.39, 0.29) is 43.0 Å². The minimum atomic E-state index is -4.98. The van der Waals surface area contributed by atoms with Gasteiger partial charge in [-0.3, -0.25) is 0 Å². The summed E-state index contributed by atoms with van der Waals surface area (Å²) in [5.74, 6) is -0.904. The van der Waals surface area contributed by atoms with Gasteiger partial charge in [-0.1, -0.05) is 53.2 Å². The molecular weight excluding hydrogens is 504 g/mol. The Balaban J connectivity index is 2.33. The standard InChI is InChI=1S/C21H17Cl2F3N2O4S/c1-3-4-17(29)32-28-20(21(24,25)26)18(15-10-7-13(22)11-16(15)23)19(27-28)12-5-8-14(9-6-12)33(2,30)31/h5-11H,3-4H2,1-2H3. The Hall–Kier alpha value is -2.56. The lowest BCUT2D eigenvalue weighted by Gasteiger charge is -2.13. The minimum Gasteiger partial charge on any atom is -0.319 e. The molecule has 3 rings (SSSR count). The van der Waals surface area contributed by atoms with Crippen molar-refractivity contribution in [2.45, 2.75) is 30.8 Å². The van der Waals surface area contributed by atoms with E-state index in [1.165, 1.54) is 42.5 Å². The molecule has 0 saturated carbocycles. The van der Waals surface area contributed by atoms with E-state index in [4.69, 9.17) is 28.0 Å². The molecule has 3 aromatic rings. The zero-order chi connectivity index (χ0) is 24.6. The number of sulfone groups is 1. The van der Waals surface area contributed by atoms with Crippen molar-refractivity contribution in [3.63, 3.8) is 0 Å². The molecule has 0 aliphatic carbocycles. The summed E-state index contributed by atoms with van der Waals surface area (Å²) >= 11 is 12.1. The molecule has 2 aromatic carbocycles. The lowest BCUT2D eigenvalue weighted by molar-refractivity contribution is -0.162. The monoisotopic (exact) mass is 520 g/mol. The topological polar surface area (TPSA) is 78.3 Å². The quantitative estimate of drug-likeness (QED) is 0.416. The second kappa shape index (κ2) is 9.36. The molecule has 0 amide bonds. The first-order valence-corrected chi connectivity index (χ1v) is 12.1. The second-order valence-corrected chi connectivity index (χ2v) is 9.94. The van der Waals surface area contributed by atoms with Crippen LogP contribution in [-0.2, 0) is 20.8 Å². The number of alkyl halides is 3. The third kappa shape index (κ3) is 5.51. The van der Waals surface area contributed by atoms with Gasteiger partial charge in [0.25, 0.3) is 0 Å². The smallest absolute Gasteiger partial charge is 0.319 e. The molecule has 0 atom stereocenters. The summed E-state index contributed by atoms with van der Waals surface area (Å²) in [6, 6.07) is 9.04. The summed E-state index contributed by atoms with van der Waals surface area (Å²) < 4.78 is 66.1. The van der Waals surface area contributed by atoms with Crippen LogP contribution in [0.1, 0.15) is 25.5 Å². The van der Waals surface area contributed by atoms with E-state index >= 15 is 0 Å². The highest BCUT2D eigenvalue weighted by Crippen LogP contribution is 2.45. The number of hydrogen-bond acceptors (Lipinski definition) is 5. The first kappa shape index (κ1) is 25.1. The molecule has 0 unspecified atom stereocenters. The van der Waals surface area contributed by atoms with E-state index in [9.17, 15) is 26.4 Å². The van der Waals surface area contributed by atoms with E-state index in [1.807, 2.05) is 0 Å². The molecular formula is C21H17Cl2F3N2O4S. The van der Waals surface area contributed by atoms with Crippen LogP contribution in [0.5, 0.6) is 0 Å². The Morgan fingerprint density at radius 3 is 2.27 bits per heavy atom. The van der Waals surface area contributed by atoms with Gasteiger partial charge < -0.3 is 4.84 Å². The number of hydrogen-bond donors (Lipinski definition) is 0. The Morgan fingerprint density at radius 1 is 1.12 bits per heavy atom. The highest BCUT2D eigenvalue weighted by atomic mass is 35.5. The Morgan fingerprint density at radius 2 is 1.76 bits per heavy atom. The molecule has 0 radical (unpaired) electrons. The molecule has 0 aliphatic rings. The van der Waals surface area contributed by atoms with Crippen LogP contribution in [0.3, 0.4) is 0 Å². The third-order valence-corrected chi connectivity index (χ3v) is 6.20. The lowest BCUT2D eigenvalue weighted by Crippen LogP contribution is -2.26. The Bertz CT molecular complexity index is 1300. The number of aromatic nitrogens is 2. The van der Waals surface area contributed by atoms with E-state index < -0.39 is 33.2 Å². The molecule has 0 fully saturated rings. The minimum absolute atomic E-state index is 0.0258. The van der Waals surface area contributed by atoms with Crippen LogP contribution in [0.2, 0.25) is 10.0 Å². The van der Waals surface area contributed by atoms with Gasteiger partial charge in [-0.2, -0.15) is 13.2 Å². The van der Waals surface area contributed by atoms with Crippen LogP contribution in [0.15, 0.2) is 47.4 Å². The first-order chi connectivity index (χ1) is 15.3. The predicted molar refractivity (Wildman–Crippen MR) is 118 cm³/mol. The third-order valence-electron chi connectivity index (χ3n) is 4.52. The maximum Gasteiger partial charge on any atom is 0.437 e.